The Morgan fingerprint density at radius 2 is 1.96 bits per heavy atom. The van der Waals surface area contributed by atoms with Crippen LogP contribution in [-0.4, -0.2) is 12.1 Å². The fraction of sp³-hybridized carbons (Fsp3) is 0.316. The fourth-order valence-electron chi connectivity index (χ4n) is 3.51. The lowest BCUT2D eigenvalue weighted by Gasteiger charge is -2.18. The molecule has 1 unspecified atom stereocenters. The highest BCUT2D eigenvalue weighted by Gasteiger charge is 2.31. The smallest absolute Gasteiger partial charge is 0.187 e. The summed E-state index contributed by atoms with van der Waals surface area (Å²) in [5.41, 5.74) is 7.50. The lowest BCUT2D eigenvalue weighted by atomic mass is 10.0. The number of furan rings is 1. The van der Waals surface area contributed by atoms with Gasteiger partial charge in [-0.1, -0.05) is 30.3 Å². The van der Waals surface area contributed by atoms with Crippen molar-refractivity contribution in [2.75, 3.05) is 0 Å². The Hall–Kier alpha value is -2.51. The molecule has 4 nitrogen and oxygen atoms in total. The lowest BCUT2D eigenvalue weighted by molar-refractivity contribution is 0.186. The number of nitrogens with two attached hydrogens (primary N) is 1. The molecule has 4 rings (SSSR count). The molecule has 1 aliphatic carbocycles. The number of ether oxygens (including phenoxy) is 1. The van der Waals surface area contributed by atoms with Crippen LogP contribution in [0.15, 0.2) is 46.9 Å². The van der Waals surface area contributed by atoms with Crippen LogP contribution < -0.4 is 10.5 Å². The van der Waals surface area contributed by atoms with Gasteiger partial charge in [-0.15, -0.1) is 0 Å². The molecule has 2 N–H and O–H groups in total. The standard InChI is InChI=1S/C19H18N2O2/c20-11-18(12-8-9-13(21)10-12)22-17-7-3-5-15-14-4-1-2-6-16(14)23-19(15)17/h1-7,12-13,18H,8-10,21H2/t12-,13+,18?/m0/s1. The third-order valence-electron chi connectivity index (χ3n) is 4.69. The first-order valence-electron chi connectivity index (χ1n) is 7.98. The van der Waals surface area contributed by atoms with Crippen LogP contribution in [0.5, 0.6) is 5.75 Å². The van der Waals surface area contributed by atoms with E-state index in [0.717, 1.165) is 35.6 Å². The molecule has 1 aromatic heterocycles. The number of hydrogen-bond acceptors (Lipinski definition) is 4. The van der Waals surface area contributed by atoms with E-state index >= 15 is 0 Å². The second-order valence-electron chi connectivity index (χ2n) is 6.23. The third kappa shape index (κ3) is 2.43. The average molecular weight is 306 g/mol. The number of rotatable bonds is 3. The van der Waals surface area contributed by atoms with Gasteiger partial charge in [-0.25, -0.2) is 0 Å². The number of nitriles is 1. The Morgan fingerprint density at radius 3 is 2.74 bits per heavy atom. The predicted octanol–water partition coefficient (Wildman–Crippen LogP) is 3.98. The van der Waals surface area contributed by atoms with E-state index in [2.05, 4.69) is 6.07 Å². The van der Waals surface area contributed by atoms with Crippen LogP contribution in [-0.2, 0) is 0 Å². The normalized spacial score (nSPS) is 22.3. The third-order valence-corrected chi connectivity index (χ3v) is 4.69. The molecule has 2 aromatic carbocycles. The Bertz CT molecular complexity index is 893. The van der Waals surface area contributed by atoms with Gasteiger partial charge >= 0.3 is 0 Å². The Kier molecular flexibility index (Phi) is 3.44. The molecule has 0 saturated heterocycles. The van der Waals surface area contributed by atoms with Crippen LogP contribution in [0.4, 0.5) is 0 Å². The summed E-state index contributed by atoms with van der Waals surface area (Å²) in [6.45, 7) is 0. The van der Waals surface area contributed by atoms with Crippen LogP contribution in [0.1, 0.15) is 19.3 Å². The van der Waals surface area contributed by atoms with Gasteiger partial charge in [0.2, 0.25) is 0 Å². The summed E-state index contributed by atoms with van der Waals surface area (Å²) in [5.74, 6) is 0.820. The van der Waals surface area contributed by atoms with Crippen molar-refractivity contribution < 1.29 is 9.15 Å². The van der Waals surface area contributed by atoms with Crippen molar-refractivity contribution in [1.82, 2.24) is 0 Å². The first-order valence-corrected chi connectivity index (χ1v) is 7.98. The van der Waals surface area contributed by atoms with Gasteiger partial charge in [0.05, 0.1) is 0 Å². The number of hydrogen-bond donors (Lipinski definition) is 1. The van der Waals surface area contributed by atoms with Crippen LogP contribution in [0.25, 0.3) is 21.9 Å². The SMILES string of the molecule is N#CC(Oc1cccc2c1oc1ccccc12)[C@H]1CC[C@@H](N)C1. The van der Waals surface area contributed by atoms with Crippen molar-refractivity contribution in [2.24, 2.45) is 11.7 Å². The minimum atomic E-state index is -0.484. The van der Waals surface area contributed by atoms with Gasteiger partial charge in [0.1, 0.15) is 11.7 Å². The zero-order chi connectivity index (χ0) is 15.8. The van der Waals surface area contributed by atoms with Crippen LogP contribution >= 0.6 is 0 Å². The fourth-order valence-corrected chi connectivity index (χ4v) is 3.51. The quantitative estimate of drug-likeness (QED) is 0.794. The average Bonchev–Trinajstić information content (AvgIpc) is 3.16. The van der Waals surface area contributed by atoms with Gasteiger partial charge in [-0.3, -0.25) is 0 Å². The molecule has 1 aliphatic rings. The first kappa shape index (κ1) is 14.1. The molecule has 0 amide bonds. The topological polar surface area (TPSA) is 72.2 Å². The summed E-state index contributed by atoms with van der Waals surface area (Å²) in [4.78, 5) is 0. The minimum absolute atomic E-state index is 0.182. The van der Waals surface area contributed by atoms with Crippen molar-refractivity contribution in [3.8, 4) is 11.8 Å². The summed E-state index contributed by atoms with van der Waals surface area (Å²) < 4.78 is 12.0. The summed E-state index contributed by atoms with van der Waals surface area (Å²) in [7, 11) is 0. The molecular formula is C19H18N2O2. The Morgan fingerprint density at radius 1 is 1.13 bits per heavy atom. The lowest BCUT2D eigenvalue weighted by Crippen LogP contribution is -2.25. The molecule has 0 radical (unpaired) electrons. The van der Waals surface area contributed by atoms with Gasteiger partial charge in [0, 0.05) is 22.7 Å². The van der Waals surface area contributed by atoms with Crippen LogP contribution in [0, 0.1) is 17.2 Å². The molecule has 0 aliphatic heterocycles. The van der Waals surface area contributed by atoms with Crippen molar-refractivity contribution >= 4 is 21.9 Å². The second kappa shape index (κ2) is 5.60. The van der Waals surface area contributed by atoms with E-state index in [4.69, 9.17) is 14.9 Å². The van der Waals surface area contributed by atoms with E-state index < -0.39 is 6.10 Å². The van der Waals surface area contributed by atoms with Gasteiger partial charge in [-0.05, 0) is 31.4 Å². The highest BCUT2D eigenvalue weighted by atomic mass is 16.5. The highest BCUT2D eigenvalue weighted by molar-refractivity contribution is 6.06. The summed E-state index contributed by atoms with van der Waals surface area (Å²) in [6.07, 6.45) is 2.26. The van der Waals surface area contributed by atoms with E-state index in [1.54, 1.807) is 0 Å². The molecule has 116 valence electrons. The molecule has 3 aromatic rings. The molecule has 0 spiro atoms. The van der Waals surface area contributed by atoms with Crippen molar-refractivity contribution in [3.63, 3.8) is 0 Å². The summed E-state index contributed by atoms with van der Waals surface area (Å²) in [5, 5.41) is 11.6. The van der Waals surface area contributed by atoms with Crippen molar-refractivity contribution in [1.29, 1.82) is 5.26 Å². The van der Waals surface area contributed by atoms with Crippen molar-refractivity contribution in [2.45, 2.75) is 31.4 Å². The van der Waals surface area contributed by atoms with Crippen molar-refractivity contribution in [3.05, 3.63) is 42.5 Å². The van der Waals surface area contributed by atoms with Gasteiger partial charge in [-0.2, -0.15) is 5.26 Å². The van der Waals surface area contributed by atoms with E-state index in [1.807, 2.05) is 42.5 Å². The molecule has 1 heterocycles. The maximum atomic E-state index is 9.50. The summed E-state index contributed by atoms with van der Waals surface area (Å²) in [6, 6.07) is 16.2. The zero-order valence-corrected chi connectivity index (χ0v) is 12.7. The minimum Gasteiger partial charge on any atom is -0.471 e. The van der Waals surface area contributed by atoms with E-state index in [9.17, 15) is 5.26 Å². The number of nitrogens with zero attached hydrogens (tertiary/aromatic N) is 1. The van der Waals surface area contributed by atoms with Crippen LogP contribution in [0.3, 0.4) is 0 Å². The second-order valence-corrected chi connectivity index (χ2v) is 6.23. The summed E-state index contributed by atoms with van der Waals surface area (Å²) >= 11 is 0. The number of benzene rings is 2. The van der Waals surface area contributed by atoms with Gasteiger partial charge in [0.15, 0.2) is 17.4 Å². The maximum Gasteiger partial charge on any atom is 0.187 e. The van der Waals surface area contributed by atoms with Crippen LogP contribution in [0.2, 0.25) is 0 Å². The molecule has 1 saturated carbocycles. The largest absolute Gasteiger partial charge is 0.471 e. The predicted molar refractivity (Wildman–Crippen MR) is 89.1 cm³/mol. The Balaban J connectivity index is 1.72. The molecule has 3 atom stereocenters. The zero-order valence-electron chi connectivity index (χ0n) is 12.7. The molecule has 23 heavy (non-hydrogen) atoms. The number of fused-ring (bicyclic) bond motifs is 3. The Labute approximate surface area is 134 Å². The monoisotopic (exact) mass is 306 g/mol. The molecule has 4 heteroatoms. The first-order chi connectivity index (χ1) is 11.3. The van der Waals surface area contributed by atoms with Gasteiger partial charge in [0.25, 0.3) is 0 Å². The van der Waals surface area contributed by atoms with Gasteiger partial charge < -0.3 is 14.9 Å². The number of para-hydroxylation sites is 2. The molecular weight excluding hydrogens is 288 g/mol. The van der Waals surface area contributed by atoms with E-state index in [1.165, 1.54) is 0 Å². The maximum absolute atomic E-state index is 9.50. The molecule has 1 fully saturated rings. The molecule has 0 bridgehead atoms. The van der Waals surface area contributed by atoms with E-state index in [-0.39, 0.29) is 12.0 Å². The van der Waals surface area contributed by atoms with E-state index in [0.29, 0.717) is 11.3 Å². The highest BCUT2D eigenvalue weighted by Crippen LogP contribution is 2.36.